The Kier molecular flexibility index (Phi) is 8.20. The minimum atomic E-state index is -0.0593. The number of nitrogens with zero attached hydrogens (tertiary/aromatic N) is 2. The maximum atomic E-state index is 12.5. The summed E-state index contributed by atoms with van der Waals surface area (Å²) in [7, 11) is 3.95. The quantitative estimate of drug-likeness (QED) is 0.675. The Bertz CT molecular complexity index is 731. The van der Waals surface area contributed by atoms with Crippen molar-refractivity contribution in [1.82, 2.24) is 15.1 Å². The smallest absolute Gasteiger partial charge is 0.317 e. The van der Waals surface area contributed by atoms with E-state index in [9.17, 15) is 4.79 Å². The number of nitrogens with one attached hydrogen (secondary N) is 1. The lowest BCUT2D eigenvalue weighted by molar-refractivity contribution is 0.206. The van der Waals surface area contributed by atoms with Gasteiger partial charge >= 0.3 is 6.03 Å². The van der Waals surface area contributed by atoms with Gasteiger partial charge in [0.15, 0.2) is 0 Å². The zero-order valence-electron chi connectivity index (χ0n) is 17.0. The van der Waals surface area contributed by atoms with Crippen molar-refractivity contribution in [3.05, 3.63) is 65.2 Å². The Balaban J connectivity index is 1.92. The van der Waals surface area contributed by atoms with E-state index in [0.717, 1.165) is 17.7 Å². The predicted octanol–water partition coefficient (Wildman–Crippen LogP) is 4.59. The highest BCUT2D eigenvalue weighted by atomic mass is 32.2. The average molecular weight is 386 g/mol. The number of hydrogen-bond donors (Lipinski definition) is 1. The Morgan fingerprint density at radius 1 is 1.00 bits per heavy atom. The molecule has 146 valence electrons. The van der Waals surface area contributed by atoms with Crippen LogP contribution in [0.2, 0.25) is 0 Å². The topological polar surface area (TPSA) is 35.6 Å². The van der Waals surface area contributed by atoms with Crippen LogP contribution in [0.3, 0.4) is 0 Å². The van der Waals surface area contributed by atoms with E-state index in [1.165, 1.54) is 10.5 Å². The van der Waals surface area contributed by atoms with Crippen LogP contribution in [0.1, 0.15) is 30.5 Å². The number of amides is 2. The second kappa shape index (κ2) is 10.4. The monoisotopic (exact) mass is 385 g/mol. The molecule has 27 heavy (non-hydrogen) atoms. The fraction of sp³-hybridized carbons (Fsp3) is 0.409. The second-order valence-electron chi connectivity index (χ2n) is 7.14. The molecule has 0 aliphatic heterocycles. The summed E-state index contributed by atoms with van der Waals surface area (Å²) in [5.41, 5.74) is 3.55. The van der Waals surface area contributed by atoms with Gasteiger partial charge in [-0.25, -0.2) is 4.79 Å². The standard InChI is InChI=1S/C22H31N3OS/c1-17(2)24(3)16-20-9-7-6-8-19(20)14-23-22(26)25(4)15-18-10-12-21(27-5)13-11-18/h6-13,17H,14-16H2,1-5H3,(H,23,26). The largest absolute Gasteiger partial charge is 0.334 e. The molecule has 0 aromatic heterocycles. The Labute approximate surface area is 167 Å². The van der Waals surface area contributed by atoms with Gasteiger partial charge in [0.25, 0.3) is 0 Å². The van der Waals surface area contributed by atoms with Gasteiger partial charge in [0.2, 0.25) is 0 Å². The first-order valence-electron chi connectivity index (χ1n) is 9.29. The molecule has 0 bridgehead atoms. The first-order valence-corrected chi connectivity index (χ1v) is 10.5. The summed E-state index contributed by atoms with van der Waals surface area (Å²) in [6.07, 6.45) is 2.06. The van der Waals surface area contributed by atoms with Crippen LogP contribution < -0.4 is 5.32 Å². The van der Waals surface area contributed by atoms with Crippen molar-refractivity contribution < 1.29 is 4.79 Å². The van der Waals surface area contributed by atoms with Crippen molar-refractivity contribution in [2.24, 2.45) is 0 Å². The third kappa shape index (κ3) is 6.60. The molecule has 2 amide bonds. The number of rotatable bonds is 8. The third-order valence-electron chi connectivity index (χ3n) is 4.78. The zero-order valence-corrected chi connectivity index (χ0v) is 17.8. The van der Waals surface area contributed by atoms with Crippen LogP contribution in [0.15, 0.2) is 53.4 Å². The fourth-order valence-corrected chi connectivity index (χ4v) is 3.13. The minimum Gasteiger partial charge on any atom is -0.334 e. The summed E-state index contributed by atoms with van der Waals surface area (Å²) in [4.78, 5) is 17.7. The molecule has 0 unspecified atom stereocenters. The maximum absolute atomic E-state index is 12.5. The molecule has 2 rings (SSSR count). The molecule has 0 radical (unpaired) electrons. The van der Waals surface area contributed by atoms with Crippen molar-refractivity contribution in [2.45, 2.75) is 44.4 Å². The molecule has 5 heteroatoms. The Morgan fingerprint density at radius 2 is 1.63 bits per heavy atom. The predicted molar refractivity (Wildman–Crippen MR) is 115 cm³/mol. The summed E-state index contributed by atoms with van der Waals surface area (Å²) in [6.45, 7) is 6.38. The maximum Gasteiger partial charge on any atom is 0.317 e. The highest BCUT2D eigenvalue weighted by Gasteiger charge is 2.12. The van der Waals surface area contributed by atoms with E-state index in [-0.39, 0.29) is 6.03 Å². The van der Waals surface area contributed by atoms with Gasteiger partial charge in [-0.15, -0.1) is 11.8 Å². The van der Waals surface area contributed by atoms with Crippen molar-refractivity contribution >= 4 is 17.8 Å². The van der Waals surface area contributed by atoms with E-state index in [1.807, 2.05) is 13.1 Å². The molecule has 0 aliphatic carbocycles. The van der Waals surface area contributed by atoms with Crippen LogP contribution in [0, 0.1) is 0 Å². The van der Waals surface area contributed by atoms with Gasteiger partial charge in [-0.2, -0.15) is 0 Å². The Hall–Kier alpha value is -1.98. The van der Waals surface area contributed by atoms with Crippen LogP contribution in [0.4, 0.5) is 4.79 Å². The number of thioether (sulfide) groups is 1. The first kappa shape index (κ1) is 21.3. The van der Waals surface area contributed by atoms with Gasteiger partial charge in [-0.1, -0.05) is 36.4 Å². The van der Waals surface area contributed by atoms with E-state index in [0.29, 0.717) is 19.1 Å². The molecule has 0 spiro atoms. The highest BCUT2D eigenvalue weighted by Crippen LogP contribution is 2.16. The number of carbonyl (C=O) groups is 1. The van der Waals surface area contributed by atoms with Crippen molar-refractivity contribution in [3.8, 4) is 0 Å². The molecule has 0 saturated carbocycles. The van der Waals surface area contributed by atoms with Gasteiger partial charge in [-0.05, 0) is 56.0 Å². The van der Waals surface area contributed by atoms with Gasteiger partial charge in [-0.3, -0.25) is 4.90 Å². The average Bonchev–Trinajstić information content (AvgIpc) is 2.67. The lowest BCUT2D eigenvalue weighted by Gasteiger charge is -2.23. The van der Waals surface area contributed by atoms with E-state index in [2.05, 4.69) is 79.8 Å². The van der Waals surface area contributed by atoms with Crippen LogP contribution in [-0.4, -0.2) is 42.2 Å². The van der Waals surface area contributed by atoms with Crippen molar-refractivity contribution in [1.29, 1.82) is 0 Å². The van der Waals surface area contributed by atoms with Crippen LogP contribution in [-0.2, 0) is 19.6 Å². The molecule has 2 aromatic carbocycles. The SMILES string of the molecule is CSc1ccc(CN(C)C(=O)NCc2ccccc2CN(C)C(C)C)cc1. The zero-order chi connectivity index (χ0) is 19.8. The fourth-order valence-electron chi connectivity index (χ4n) is 2.72. The molecular formula is C22H31N3OS. The number of carbonyl (C=O) groups excluding carboxylic acids is 1. The van der Waals surface area contributed by atoms with Gasteiger partial charge in [0, 0.05) is 37.6 Å². The molecule has 0 heterocycles. The number of hydrogen-bond acceptors (Lipinski definition) is 3. The lowest BCUT2D eigenvalue weighted by Crippen LogP contribution is -2.36. The Morgan fingerprint density at radius 3 is 2.22 bits per heavy atom. The normalized spacial score (nSPS) is 11.1. The summed E-state index contributed by atoms with van der Waals surface area (Å²) in [5.74, 6) is 0. The van der Waals surface area contributed by atoms with Gasteiger partial charge in [0.1, 0.15) is 0 Å². The number of urea groups is 1. The van der Waals surface area contributed by atoms with E-state index in [1.54, 1.807) is 16.7 Å². The van der Waals surface area contributed by atoms with E-state index >= 15 is 0 Å². The molecule has 0 fully saturated rings. The van der Waals surface area contributed by atoms with Crippen molar-refractivity contribution in [2.75, 3.05) is 20.4 Å². The molecule has 0 atom stereocenters. The van der Waals surface area contributed by atoms with Crippen LogP contribution in [0.25, 0.3) is 0 Å². The van der Waals surface area contributed by atoms with Crippen LogP contribution >= 0.6 is 11.8 Å². The summed E-state index contributed by atoms with van der Waals surface area (Å²) in [5, 5.41) is 3.05. The molecular weight excluding hydrogens is 354 g/mol. The summed E-state index contributed by atoms with van der Waals surface area (Å²) >= 11 is 1.72. The molecule has 1 N–H and O–H groups in total. The summed E-state index contributed by atoms with van der Waals surface area (Å²) in [6, 6.07) is 17.1. The van der Waals surface area contributed by atoms with E-state index < -0.39 is 0 Å². The molecule has 0 saturated heterocycles. The van der Waals surface area contributed by atoms with Gasteiger partial charge in [0.05, 0.1) is 0 Å². The third-order valence-corrected chi connectivity index (χ3v) is 5.52. The van der Waals surface area contributed by atoms with E-state index in [4.69, 9.17) is 0 Å². The highest BCUT2D eigenvalue weighted by molar-refractivity contribution is 7.98. The minimum absolute atomic E-state index is 0.0593. The van der Waals surface area contributed by atoms with Gasteiger partial charge < -0.3 is 10.2 Å². The molecule has 2 aromatic rings. The molecule has 4 nitrogen and oxygen atoms in total. The first-order chi connectivity index (χ1) is 12.9. The molecule has 0 aliphatic rings. The second-order valence-corrected chi connectivity index (χ2v) is 8.02. The van der Waals surface area contributed by atoms with Crippen LogP contribution in [0.5, 0.6) is 0 Å². The lowest BCUT2D eigenvalue weighted by atomic mass is 10.1. The summed E-state index contributed by atoms with van der Waals surface area (Å²) < 4.78 is 0. The van der Waals surface area contributed by atoms with Crippen molar-refractivity contribution in [3.63, 3.8) is 0 Å². The number of benzene rings is 2.